The van der Waals surface area contributed by atoms with Crippen molar-refractivity contribution >= 4 is 0 Å². The van der Waals surface area contributed by atoms with Gasteiger partial charge in [0.05, 0.1) is 12.2 Å². The van der Waals surface area contributed by atoms with E-state index < -0.39 is 0 Å². The second-order valence-corrected chi connectivity index (χ2v) is 4.69. The van der Waals surface area contributed by atoms with Gasteiger partial charge >= 0.3 is 0 Å². The summed E-state index contributed by atoms with van der Waals surface area (Å²) in [4.78, 5) is 2.00. The average Bonchev–Trinajstić information content (AvgIpc) is 2.61. The van der Waals surface area contributed by atoms with Gasteiger partial charge in [0.15, 0.2) is 0 Å². The lowest BCUT2D eigenvalue weighted by Gasteiger charge is -2.19. The summed E-state index contributed by atoms with van der Waals surface area (Å²) >= 11 is 0. The summed E-state index contributed by atoms with van der Waals surface area (Å²) in [7, 11) is 5.72. The molecule has 0 amide bonds. The Bertz CT molecular complexity index is 176. The summed E-state index contributed by atoms with van der Waals surface area (Å²) in [5.41, 5.74) is 0. The van der Waals surface area contributed by atoms with Crippen molar-refractivity contribution in [3.05, 3.63) is 0 Å². The van der Waals surface area contributed by atoms with Gasteiger partial charge in [0.1, 0.15) is 0 Å². The van der Waals surface area contributed by atoms with Gasteiger partial charge in [0.25, 0.3) is 0 Å². The number of hydrogen-bond acceptors (Lipinski definition) is 4. The van der Waals surface area contributed by atoms with E-state index in [4.69, 9.17) is 4.74 Å². The van der Waals surface area contributed by atoms with Crippen molar-refractivity contribution in [2.24, 2.45) is 0 Å². The van der Waals surface area contributed by atoms with Crippen LogP contribution in [0.25, 0.3) is 0 Å². The molecular formula is C11H24N2O2. The van der Waals surface area contributed by atoms with Crippen molar-refractivity contribution in [1.82, 2.24) is 10.2 Å². The van der Waals surface area contributed by atoms with Crippen molar-refractivity contribution < 1.29 is 9.84 Å². The molecule has 3 atom stereocenters. The summed E-state index contributed by atoms with van der Waals surface area (Å²) in [6.45, 7) is 1.40. The SMILES string of the molecule is COC1CCC(NCC(O)CN(C)C)C1. The van der Waals surface area contributed by atoms with Crippen LogP contribution < -0.4 is 5.32 Å². The number of likely N-dealkylation sites (N-methyl/N-ethyl adjacent to an activating group) is 1. The van der Waals surface area contributed by atoms with E-state index in [1.54, 1.807) is 7.11 Å². The van der Waals surface area contributed by atoms with Crippen LogP contribution in [0.1, 0.15) is 19.3 Å². The van der Waals surface area contributed by atoms with E-state index in [9.17, 15) is 5.11 Å². The Labute approximate surface area is 92.6 Å². The predicted molar refractivity (Wildman–Crippen MR) is 61.0 cm³/mol. The molecule has 0 aromatic carbocycles. The fourth-order valence-electron chi connectivity index (χ4n) is 2.13. The lowest BCUT2D eigenvalue weighted by atomic mass is 10.2. The number of nitrogens with zero attached hydrogens (tertiary/aromatic N) is 1. The third-order valence-electron chi connectivity index (χ3n) is 2.94. The Kier molecular flexibility index (Phi) is 5.53. The molecule has 0 aliphatic heterocycles. The maximum absolute atomic E-state index is 9.67. The lowest BCUT2D eigenvalue weighted by molar-refractivity contribution is 0.104. The summed E-state index contributed by atoms with van der Waals surface area (Å²) in [5.74, 6) is 0. The number of nitrogens with one attached hydrogen (secondary N) is 1. The Balaban J connectivity index is 2.10. The normalized spacial score (nSPS) is 28.6. The summed E-state index contributed by atoms with van der Waals surface area (Å²) in [6.07, 6.45) is 3.51. The largest absolute Gasteiger partial charge is 0.390 e. The molecule has 15 heavy (non-hydrogen) atoms. The van der Waals surface area contributed by atoms with E-state index >= 15 is 0 Å². The number of rotatable bonds is 6. The average molecular weight is 216 g/mol. The quantitative estimate of drug-likeness (QED) is 0.659. The summed E-state index contributed by atoms with van der Waals surface area (Å²) in [6, 6.07) is 0.520. The molecule has 0 spiro atoms. The molecule has 1 rings (SSSR count). The standard InChI is InChI=1S/C11H24N2O2/c1-13(2)8-10(14)7-12-9-4-5-11(6-9)15-3/h9-12,14H,4-8H2,1-3H3. The van der Waals surface area contributed by atoms with E-state index in [-0.39, 0.29) is 6.10 Å². The number of hydrogen-bond donors (Lipinski definition) is 2. The molecule has 2 N–H and O–H groups in total. The lowest BCUT2D eigenvalue weighted by Crippen LogP contribution is -2.39. The summed E-state index contributed by atoms with van der Waals surface area (Å²) in [5, 5.41) is 13.1. The van der Waals surface area contributed by atoms with Gasteiger partial charge in [0, 0.05) is 26.2 Å². The molecule has 0 radical (unpaired) electrons. The van der Waals surface area contributed by atoms with Gasteiger partial charge < -0.3 is 20.1 Å². The fourth-order valence-corrected chi connectivity index (χ4v) is 2.13. The molecule has 3 unspecified atom stereocenters. The zero-order valence-corrected chi connectivity index (χ0v) is 10.1. The van der Waals surface area contributed by atoms with Crippen LogP contribution in [0.3, 0.4) is 0 Å². The van der Waals surface area contributed by atoms with Crippen molar-refractivity contribution in [3.8, 4) is 0 Å². The molecule has 1 saturated carbocycles. The fraction of sp³-hybridized carbons (Fsp3) is 1.00. The highest BCUT2D eigenvalue weighted by Crippen LogP contribution is 2.21. The van der Waals surface area contributed by atoms with Gasteiger partial charge in [-0.3, -0.25) is 0 Å². The maximum Gasteiger partial charge on any atom is 0.0791 e. The second-order valence-electron chi connectivity index (χ2n) is 4.69. The topological polar surface area (TPSA) is 44.7 Å². The van der Waals surface area contributed by atoms with Crippen molar-refractivity contribution in [3.63, 3.8) is 0 Å². The van der Waals surface area contributed by atoms with E-state index in [1.165, 1.54) is 0 Å². The minimum absolute atomic E-state index is 0.276. The summed E-state index contributed by atoms with van der Waals surface area (Å²) < 4.78 is 5.30. The molecule has 4 nitrogen and oxygen atoms in total. The van der Waals surface area contributed by atoms with Crippen LogP contribution in [0.2, 0.25) is 0 Å². The molecule has 0 saturated heterocycles. The first-order valence-electron chi connectivity index (χ1n) is 5.70. The van der Waals surface area contributed by atoms with Crippen LogP contribution in [-0.4, -0.2) is 62.6 Å². The van der Waals surface area contributed by atoms with E-state index in [0.717, 1.165) is 19.3 Å². The molecular weight excluding hydrogens is 192 g/mol. The zero-order valence-electron chi connectivity index (χ0n) is 10.1. The number of aliphatic hydroxyl groups is 1. The Morgan fingerprint density at radius 2 is 2.20 bits per heavy atom. The van der Waals surface area contributed by atoms with Crippen LogP contribution in [0.15, 0.2) is 0 Å². The van der Waals surface area contributed by atoms with Gasteiger partial charge in [0.2, 0.25) is 0 Å². The third kappa shape index (κ3) is 4.93. The van der Waals surface area contributed by atoms with Crippen molar-refractivity contribution in [2.45, 2.75) is 37.5 Å². The van der Waals surface area contributed by atoms with Crippen molar-refractivity contribution in [2.75, 3.05) is 34.3 Å². The third-order valence-corrected chi connectivity index (χ3v) is 2.94. The maximum atomic E-state index is 9.67. The first kappa shape index (κ1) is 12.9. The van der Waals surface area contributed by atoms with Crippen LogP contribution in [0, 0.1) is 0 Å². The van der Waals surface area contributed by atoms with Gasteiger partial charge in [-0.05, 0) is 33.4 Å². The number of ether oxygens (including phenoxy) is 1. The Hall–Kier alpha value is -0.160. The van der Waals surface area contributed by atoms with E-state index in [2.05, 4.69) is 5.32 Å². The van der Waals surface area contributed by atoms with Crippen LogP contribution in [0.4, 0.5) is 0 Å². The second kappa shape index (κ2) is 6.43. The van der Waals surface area contributed by atoms with E-state index in [0.29, 0.717) is 25.2 Å². The first-order chi connectivity index (χ1) is 7.11. The molecule has 0 aromatic rings. The number of aliphatic hydroxyl groups excluding tert-OH is 1. The molecule has 1 aliphatic rings. The monoisotopic (exact) mass is 216 g/mol. The molecule has 0 aromatic heterocycles. The van der Waals surface area contributed by atoms with Gasteiger partial charge in [-0.1, -0.05) is 0 Å². The Morgan fingerprint density at radius 3 is 2.73 bits per heavy atom. The molecule has 1 aliphatic carbocycles. The van der Waals surface area contributed by atoms with Gasteiger partial charge in [-0.15, -0.1) is 0 Å². The van der Waals surface area contributed by atoms with Crippen LogP contribution >= 0.6 is 0 Å². The smallest absolute Gasteiger partial charge is 0.0791 e. The molecule has 0 heterocycles. The minimum Gasteiger partial charge on any atom is -0.390 e. The highest BCUT2D eigenvalue weighted by atomic mass is 16.5. The molecule has 1 fully saturated rings. The highest BCUT2D eigenvalue weighted by Gasteiger charge is 2.24. The molecule has 0 bridgehead atoms. The Morgan fingerprint density at radius 1 is 1.47 bits per heavy atom. The van der Waals surface area contributed by atoms with Gasteiger partial charge in [-0.2, -0.15) is 0 Å². The predicted octanol–water partition coefficient (Wildman–Crippen LogP) is 0.0660. The number of methoxy groups -OCH3 is 1. The van der Waals surface area contributed by atoms with Crippen LogP contribution in [0.5, 0.6) is 0 Å². The first-order valence-corrected chi connectivity index (χ1v) is 5.70. The van der Waals surface area contributed by atoms with E-state index in [1.807, 2.05) is 19.0 Å². The highest BCUT2D eigenvalue weighted by molar-refractivity contribution is 4.81. The minimum atomic E-state index is -0.276. The van der Waals surface area contributed by atoms with Crippen LogP contribution in [-0.2, 0) is 4.74 Å². The van der Waals surface area contributed by atoms with Crippen molar-refractivity contribution in [1.29, 1.82) is 0 Å². The molecule has 90 valence electrons. The van der Waals surface area contributed by atoms with Gasteiger partial charge in [-0.25, -0.2) is 0 Å². The molecule has 4 heteroatoms. The zero-order chi connectivity index (χ0) is 11.3.